The molecular formula is C18H24N2O3S. The largest absolute Gasteiger partial charge is 0.384 e. The van der Waals surface area contributed by atoms with E-state index in [9.17, 15) is 13.5 Å². The number of aliphatic hydroxyl groups is 1. The summed E-state index contributed by atoms with van der Waals surface area (Å²) in [5.74, 6) is 0. The lowest BCUT2D eigenvalue weighted by molar-refractivity contribution is 0.0543. The highest BCUT2D eigenvalue weighted by atomic mass is 32.2. The molecule has 0 fully saturated rings. The molecule has 0 radical (unpaired) electrons. The van der Waals surface area contributed by atoms with E-state index in [1.165, 1.54) is 0 Å². The van der Waals surface area contributed by atoms with Gasteiger partial charge >= 0.3 is 0 Å². The Morgan fingerprint density at radius 3 is 2.21 bits per heavy atom. The molecule has 2 aromatic carbocycles. The van der Waals surface area contributed by atoms with Crippen LogP contribution in [0.15, 0.2) is 54.6 Å². The fourth-order valence-corrected chi connectivity index (χ4v) is 2.99. The van der Waals surface area contributed by atoms with Crippen LogP contribution in [-0.2, 0) is 15.6 Å². The summed E-state index contributed by atoms with van der Waals surface area (Å²) in [7, 11) is -3.27. The Morgan fingerprint density at radius 2 is 1.67 bits per heavy atom. The number of hydrogen-bond donors (Lipinski definition) is 3. The second-order valence-corrected chi connectivity index (χ2v) is 7.99. The first kappa shape index (κ1) is 18.4. The van der Waals surface area contributed by atoms with E-state index in [2.05, 4.69) is 10.0 Å². The summed E-state index contributed by atoms with van der Waals surface area (Å²) in [6.45, 7) is 4.18. The van der Waals surface area contributed by atoms with Gasteiger partial charge in [0.25, 0.3) is 0 Å². The fraction of sp³-hybridized carbons (Fsp3) is 0.333. The average Bonchev–Trinajstić information content (AvgIpc) is 2.53. The number of anilines is 1. The summed E-state index contributed by atoms with van der Waals surface area (Å²) >= 11 is 0. The first-order valence-electron chi connectivity index (χ1n) is 7.76. The molecule has 130 valence electrons. The Balaban J connectivity index is 1.98. The van der Waals surface area contributed by atoms with E-state index in [1.807, 2.05) is 49.4 Å². The first-order valence-corrected chi connectivity index (χ1v) is 9.65. The zero-order valence-electron chi connectivity index (χ0n) is 14.2. The molecule has 0 aliphatic heterocycles. The van der Waals surface area contributed by atoms with Gasteiger partial charge in [0.1, 0.15) is 0 Å². The summed E-state index contributed by atoms with van der Waals surface area (Å²) in [6, 6.07) is 16.7. The monoisotopic (exact) mass is 348 g/mol. The molecule has 5 nitrogen and oxygen atoms in total. The van der Waals surface area contributed by atoms with Crippen molar-refractivity contribution in [3.63, 3.8) is 0 Å². The quantitative estimate of drug-likeness (QED) is 0.719. The molecule has 24 heavy (non-hydrogen) atoms. The Morgan fingerprint density at radius 1 is 1.08 bits per heavy atom. The normalized spacial score (nSPS) is 15.5. The molecule has 0 aliphatic rings. The van der Waals surface area contributed by atoms with E-state index in [0.29, 0.717) is 12.2 Å². The summed E-state index contributed by atoms with van der Waals surface area (Å²) < 4.78 is 24.9. The summed E-state index contributed by atoms with van der Waals surface area (Å²) in [6.07, 6.45) is 1.12. The maximum absolute atomic E-state index is 11.2. The van der Waals surface area contributed by atoms with E-state index in [-0.39, 0.29) is 6.04 Å². The maximum atomic E-state index is 11.2. The zero-order valence-corrected chi connectivity index (χ0v) is 15.0. The van der Waals surface area contributed by atoms with Crippen LogP contribution in [0.25, 0.3) is 0 Å². The Bertz CT molecular complexity index is 757. The van der Waals surface area contributed by atoms with Crippen molar-refractivity contribution in [2.24, 2.45) is 0 Å². The topological polar surface area (TPSA) is 78.4 Å². The van der Waals surface area contributed by atoms with Gasteiger partial charge in [-0.25, -0.2) is 8.42 Å². The van der Waals surface area contributed by atoms with Gasteiger partial charge in [0, 0.05) is 18.3 Å². The predicted octanol–water partition coefficient (Wildman–Crippen LogP) is 2.62. The van der Waals surface area contributed by atoms with Crippen molar-refractivity contribution in [2.75, 3.05) is 17.5 Å². The Labute approximate surface area is 143 Å². The molecule has 2 atom stereocenters. The van der Waals surface area contributed by atoms with Crippen LogP contribution in [0.4, 0.5) is 5.69 Å². The number of benzene rings is 2. The number of rotatable bonds is 7. The zero-order chi connectivity index (χ0) is 17.8. The van der Waals surface area contributed by atoms with E-state index >= 15 is 0 Å². The number of hydrogen-bond acceptors (Lipinski definition) is 4. The number of sulfonamides is 1. The molecule has 6 heteroatoms. The lowest BCUT2D eigenvalue weighted by Gasteiger charge is -2.26. The molecule has 0 unspecified atom stereocenters. The van der Waals surface area contributed by atoms with Crippen LogP contribution in [0.2, 0.25) is 0 Å². The van der Waals surface area contributed by atoms with Crippen molar-refractivity contribution >= 4 is 15.7 Å². The molecule has 2 rings (SSSR count). The van der Waals surface area contributed by atoms with Crippen molar-refractivity contribution in [3.8, 4) is 0 Å². The minimum Gasteiger partial charge on any atom is -0.384 e. The van der Waals surface area contributed by atoms with Crippen LogP contribution in [0.3, 0.4) is 0 Å². The van der Waals surface area contributed by atoms with Crippen LogP contribution < -0.4 is 10.0 Å². The molecular weight excluding hydrogens is 324 g/mol. The molecule has 0 bridgehead atoms. The summed E-state index contributed by atoms with van der Waals surface area (Å²) in [5, 5.41) is 13.9. The second kappa shape index (κ2) is 7.34. The highest BCUT2D eigenvalue weighted by molar-refractivity contribution is 7.92. The lowest BCUT2D eigenvalue weighted by Crippen LogP contribution is -2.36. The van der Waals surface area contributed by atoms with Gasteiger partial charge in [-0.05, 0) is 37.1 Å². The van der Waals surface area contributed by atoms with Crippen LogP contribution in [-0.4, -0.2) is 26.3 Å². The molecule has 0 saturated heterocycles. The van der Waals surface area contributed by atoms with Gasteiger partial charge in [0.05, 0.1) is 11.9 Å². The van der Waals surface area contributed by atoms with Gasteiger partial charge in [0.2, 0.25) is 10.0 Å². The molecule has 0 spiro atoms. The van der Waals surface area contributed by atoms with Crippen molar-refractivity contribution in [1.29, 1.82) is 0 Å². The van der Waals surface area contributed by atoms with Gasteiger partial charge < -0.3 is 10.4 Å². The van der Waals surface area contributed by atoms with Gasteiger partial charge in [-0.3, -0.25) is 4.72 Å². The third kappa shape index (κ3) is 5.33. The average molecular weight is 348 g/mol. The molecule has 0 saturated carbocycles. The van der Waals surface area contributed by atoms with Gasteiger partial charge in [-0.15, -0.1) is 0 Å². The van der Waals surface area contributed by atoms with Gasteiger partial charge in [-0.1, -0.05) is 42.5 Å². The third-order valence-electron chi connectivity index (χ3n) is 3.86. The minimum atomic E-state index is -3.27. The first-order chi connectivity index (χ1) is 11.2. The molecule has 0 heterocycles. The van der Waals surface area contributed by atoms with E-state index in [1.54, 1.807) is 19.1 Å². The van der Waals surface area contributed by atoms with Crippen LogP contribution in [0.5, 0.6) is 0 Å². The van der Waals surface area contributed by atoms with Crippen molar-refractivity contribution in [1.82, 2.24) is 5.32 Å². The molecule has 0 aliphatic carbocycles. The van der Waals surface area contributed by atoms with E-state index in [0.717, 1.165) is 17.4 Å². The second-order valence-electron chi connectivity index (χ2n) is 6.24. The smallest absolute Gasteiger partial charge is 0.229 e. The standard InChI is InChI=1S/C18H24N2O3S/c1-14(15-9-11-17(12-10-15)20-24(3,22)23)19-13-18(2,21)16-7-5-4-6-8-16/h4-12,14,19-21H,13H2,1-3H3/t14-,18-/m0/s1. The SMILES string of the molecule is C[C@H](NC[C@](C)(O)c1ccccc1)c1ccc(NS(C)(=O)=O)cc1. The van der Waals surface area contributed by atoms with Crippen molar-refractivity contribution in [2.45, 2.75) is 25.5 Å². The molecule has 0 amide bonds. The third-order valence-corrected chi connectivity index (χ3v) is 4.47. The maximum Gasteiger partial charge on any atom is 0.229 e. The Hall–Kier alpha value is -1.89. The minimum absolute atomic E-state index is 0.0208. The fourth-order valence-electron chi connectivity index (χ4n) is 2.42. The molecule has 3 N–H and O–H groups in total. The van der Waals surface area contributed by atoms with E-state index in [4.69, 9.17) is 0 Å². The predicted molar refractivity (Wildman–Crippen MR) is 97.3 cm³/mol. The number of nitrogens with one attached hydrogen (secondary N) is 2. The van der Waals surface area contributed by atoms with Gasteiger partial charge in [0.15, 0.2) is 0 Å². The Kier molecular flexibility index (Phi) is 5.64. The highest BCUT2D eigenvalue weighted by Gasteiger charge is 2.23. The van der Waals surface area contributed by atoms with Gasteiger partial charge in [-0.2, -0.15) is 0 Å². The van der Waals surface area contributed by atoms with Crippen LogP contribution in [0, 0.1) is 0 Å². The molecule has 2 aromatic rings. The van der Waals surface area contributed by atoms with Crippen LogP contribution in [0.1, 0.15) is 31.0 Å². The van der Waals surface area contributed by atoms with E-state index < -0.39 is 15.6 Å². The van der Waals surface area contributed by atoms with Crippen molar-refractivity contribution in [3.05, 3.63) is 65.7 Å². The van der Waals surface area contributed by atoms with Crippen LogP contribution >= 0.6 is 0 Å². The highest BCUT2D eigenvalue weighted by Crippen LogP contribution is 2.22. The lowest BCUT2D eigenvalue weighted by atomic mass is 9.95. The summed E-state index contributed by atoms with van der Waals surface area (Å²) in [4.78, 5) is 0. The summed E-state index contributed by atoms with van der Waals surface area (Å²) in [5.41, 5.74) is 1.44. The molecule has 0 aromatic heterocycles. The van der Waals surface area contributed by atoms with Crippen molar-refractivity contribution < 1.29 is 13.5 Å².